The van der Waals surface area contributed by atoms with Gasteiger partial charge in [0.15, 0.2) is 0 Å². The van der Waals surface area contributed by atoms with Crippen LogP contribution in [0.4, 0.5) is 11.4 Å². The molecule has 23 heavy (non-hydrogen) atoms. The van der Waals surface area contributed by atoms with E-state index in [1.807, 2.05) is 25.1 Å². The molecular formula is C17H17N3O2S. The average Bonchev–Trinajstić information content (AvgIpc) is 2.64. The van der Waals surface area contributed by atoms with Gasteiger partial charge >= 0.3 is 0 Å². The van der Waals surface area contributed by atoms with Crippen LogP contribution in [0.15, 0.2) is 46.5 Å². The summed E-state index contributed by atoms with van der Waals surface area (Å²) in [5.41, 5.74) is 2.13. The van der Waals surface area contributed by atoms with Crippen LogP contribution in [0.1, 0.15) is 30.1 Å². The maximum absolute atomic E-state index is 12.5. The SMILES string of the molecule is CCCC(=O)Nc1ccc2c(c1)Sc1ncccc1C(=O)N2C. The first-order chi connectivity index (χ1) is 11.1. The number of fused-ring (bicyclic) bond motifs is 2. The third-order valence-corrected chi connectivity index (χ3v) is 4.66. The number of carbonyl (C=O) groups is 2. The third kappa shape index (κ3) is 3.07. The Labute approximate surface area is 139 Å². The normalized spacial score (nSPS) is 13.1. The minimum atomic E-state index is -0.0814. The van der Waals surface area contributed by atoms with Crippen LogP contribution in [-0.2, 0) is 4.79 Å². The summed E-state index contributed by atoms with van der Waals surface area (Å²) in [5.74, 6) is -0.0869. The Morgan fingerprint density at radius 3 is 2.96 bits per heavy atom. The van der Waals surface area contributed by atoms with E-state index in [2.05, 4.69) is 10.3 Å². The van der Waals surface area contributed by atoms with Crippen molar-refractivity contribution in [3.63, 3.8) is 0 Å². The zero-order valence-electron chi connectivity index (χ0n) is 13.0. The van der Waals surface area contributed by atoms with E-state index in [1.54, 1.807) is 30.3 Å². The van der Waals surface area contributed by atoms with E-state index in [9.17, 15) is 9.59 Å². The number of rotatable bonds is 3. The van der Waals surface area contributed by atoms with Gasteiger partial charge in [-0.3, -0.25) is 9.59 Å². The van der Waals surface area contributed by atoms with Gasteiger partial charge in [-0.1, -0.05) is 18.7 Å². The predicted molar refractivity (Wildman–Crippen MR) is 91.1 cm³/mol. The zero-order valence-corrected chi connectivity index (χ0v) is 13.8. The molecule has 1 aliphatic heterocycles. The zero-order chi connectivity index (χ0) is 16.4. The molecule has 0 saturated carbocycles. The van der Waals surface area contributed by atoms with Crippen molar-refractivity contribution in [1.29, 1.82) is 0 Å². The van der Waals surface area contributed by atoms with Crippen molar-refractivity contribution in [2.24, 2.45) is 0 Å². The largest absolute Gasteiger partial charge is 0.326 e. The second-order valence-corrected chi connectivity index (χ2v) is 6.33. The molecule has 1 aromatic heterocycles. The van der Waals surface area contributed by atoms with Crippen LogP contribution in [0.3, 0.4) is 0 Å². The molecule has 1 N–H and O–H groups in total. The number of hydrogen-bond acceptors (Lipinski definition) is 4. The summed E-state index contributed by atoms with van der Waals surface area (Å²) >= 11 is 1.44. The average molecular weight is 327 g/mol. The fourth-order valence-corrected chi connectivity index (χ4v) is 3.51. The molecule has 118 valence electrons. The Balaban J connectivity index is 1.98. The summed E-state index contributed by atoms with van der Waals surface area (Å²) in [5, 5.41) is 3.57. The number of amides is 2. The molecular weight excluding hydrogens is 310 g/mol. The van der Waals surface area contributed by atoms with Gasteiger partial charge in [0.2, 0.25) is 5.91 Å². The van der Waals surface area contributed by atoms with Gasteiger partial charge in [-0.05, 0) is 36.8 Å². The summed E-state index contributed by atoms with van der Waals surface area (Å²) < 4.78 is 0. The van der Waals surface area contributed by atoms with Crippen LogP contribution in [0.25, 0.3) is 0 Å². The number of nitrogens with one attached hydrogen (secondary N) is 1. The summed E-state index contributed by atoms with van der Waals surface area (Å²) in [6.07, 6.45) is 2.98. The minimum absolute atomic E-state index is 0.00553. The van der Waals surface area contributed by atoms with Crippen molar-refractivity contribution >= 4 is 35.0 Å². The smallest absolute Gasteiger partial charge is 0.260 e. The van der Waals surface area contributed by atoms with Crippen LogP contribution in [0, 0.1) is 0 Å². The second kappa shape index (κ2) is 6.42. The first-order valence-corrected chi connectivity index (χ1v) is 8.26. The molecule has 0 unspecified atom stereocenters. The highest BCUT2D eigenvalue weighted by atomic mass is 32.2. The van der Waals surface area contributed by atoms with Crippen molar-refractivity contribution in [2.75, 3.05) is 17.3 Å². The van der Waals surface area contributed by atoms with E-state index in [0.717, 1.165) is 22.7 Å². The summed E-state index contributed by atoms with van der Waals surface area (Å²) in [4.78, 5) is 31.1. The Bertz CT molecular complexity index is 776. The summed E-state index contributed by atoms with van der Waals surface area (Å²) in [7, 11) is 1.75. The molecule has 1 aliphatic rings. The van der Waals surface area contributed by atoms with Crippen LogP contribution in [0.2, 0.25) is 0 Å². The highest BCUT2D eigenvalue weighted by molar-refractivity contribution is 7.99. The maximum Gasteiger partial charge on any atom is 0.260 e. The number of carbonyl (C=O) groups excluding carboxylic acids is 2. The number of hydrogen-bond donors (Lipinski definition) is 1. The molecule has 0 spiro atoms. The number of pyridine rings is 1. The molecule has 2 heterocycles. The second-order valence-electron chi connectivity index (χ2n) is 5.30. The maximum atomic E-state index is 12.5. The van der Waals surface area contributed by atoms with Gasteiger partial charge in [0, 0.05) is 30.2 Å². The molecule has 1 aromatic carbocycles. The summed E-state index contributed by atoms with van der Waals surface area (Å²) in [6, 6.07) is 9.11. The summed E-state index contributed by atoms with van der Waals surface area (Å²) in [6.45, 7) is 1.97. The van der Waals surface area contributed by atoms with Crippen LogP contribution >= 0.6 is 11.8 Å². The molecule has 3 rings (SSSR count). The number of aromatic nitrogens is 1. The molecule has 6 heteroatoms. The van der Waals surface area contributed by atoms with Crippen LogP contribution in [-0.4, -0.2) is 23.8 Å². The van der Waals surface area contributed by atoms with Gasteiger partial charge in [-0.15, -0.1) is 0 Å². The number of benzene rings is 1. The molecule has 0 aliphatic carbocycles. The lowest BCUT2D eigenvalue weighted by atomic mass is 10.2. The van der Waals surface area contributed by atoms with E-state index in [1.165, 1.54) is 11.8 Å². The minimum Gasteiger partial charge on any atom is -0.326 e. The molecule has 2 amide bonds. The van der Waals surface area contributed by atoms with Gasteiger partial charge < -0.3 is 10.2 Å². The molecule has 0 radical (unpaired) electrons. The van der Waals surface area contributed by atoms with E-state index < -0.39 is 0 Å². The molecule has 5 nitrogen and oxygen atoms in total. The topological polar surface area (TPSA) is 62.3 Å². The molecule has 0 bridgehead atoms. The lowest BCUT2D eigenvalue weighted by Gasteiger charge is -2.18. The molecule has 0 fully saturated rings. The van der Waals surface area contributed by atoms with Crippen molar-refractivity contribution < 1.29 is 9.59 Å². The Morgan fingerprint density at radius 2 is 2.17 bits per heavy atom. The lowest BCUT2D eigenvalue weighted by Crippen LogP contribution is -2.26. The van der Waals surface area contributed by atoms with Gasteiger partial charge in [0.1, 0.15) is 5.03 Å². The highest BCUT2D eigenvalue weighted by Crippen LogP contribution is 2.40. The lowest BCUT2D eigenvalue weighted by molar-refractivity contribution is -0.116. The number of nitrogens with zero attached hydrogens (tertiary/aromatic N) is 2. The van der Waals surface area contributed by atoms with Crippen molar-refractivity contribution in [1.82, 2.24) is 4.98 Å². The van der Waals surface area contributed by atoms with Gasteiger partial charge in [-0.25, -0.2) is 4.98 Å². The van der Waals surface area contributed by atoms with Gasteiger partial charge in [0.25, 0.3) is 5.91 Å². The molecule has 0 saturated heterocycles. The molecule has 0 atom stereocenters. The van der Waals surface area contributed by atoms with Crippen molar-refractivity contribution in [2.45, 2.75) is 29.7 Å². The van der Waals surface area contributed by atoms with Crippen LogP contribution < -0.4 is 10.2 Å². The Hall–Kier alpha value is -2.34. The predicted octanol–water partition coefficient (Wildman–Crippen LogP) is 3.56. The highest BCUT2D eigenvalue weighted by Gasteiger charge is 2.25. The third-order valence-electron chi connectivity index (χ3n) is 3.59. The quantitative estimate of drug-likeness (QED) is 0.936. The fourth-order valence-electron chi connectivity index (χ4n) is 2.43. The first-order valence-electron chi connectivity index (χ1n) is 7.45. The standard InChI is InChI=1S/C17H17N3O2S/c1-3-5-15(21)19-11-7-8-13-14(10-11)23-16-12(6-4-9-18-16)17(22)20(13)2/h4,6-10H,3,5H2,1-2H3,(H,19,21). The van der Waals surface area contributed by atoms with Crippen molar-refractivity contribution in [3.8, 4) is 0 Å². The Kier molecular flexibility index (Phi) is 4.34. The van der Waals surface area contributed by atoms with E-state index >= 15 is 0 Å². The Morgan fingerprint density at radius 1 is 1.35 bits per heavy atom. The number of anilines is 2. The van der Waals surface area contributed by atoms with Crippen molar-refractivity contribution in [3.05, 3.63) is 42.1 Å². The molecule has 2 aromatic rings. The van der Waals surface area contributed by atoms with Crippen LogP contribution in [0.5, 0.6) is 0 Å². The fraction of sp³-hybridized carbons (Fsp3) is 0.235. The van der Waals surface area contributed by atoms with Gasteiger partial charge in [0.05, 0.1) is 11.3 Å². The first kappa shape index (κ1) is 15.6. The van der Waals surface area contributed by atoms with E-state index in [4.69, 9.17) is 0 Å². The van der Waals surface area contributed by atoms with E-state index in [0.29, 0.717) is 17.0 Å². The van der Waals surface area contributed by atoms with Gasteiger partial charge in [-0.2, -0.15) is 0 Å². The van der Waals surface area contributed by atoms with E-state index in [-0.39, 0.29) is 11.8 Å². The monoisotopic (exact) mass is 327 g/mol.